The third-order valence-electron chi connectivity index (χ3n) is 2.94. The number of carbonyl (C=O) groups is 2. The van der Waals surface area contributed by atoms with Gasteiger partial charge in [0.2, 0.25) is 5.91 Å². The Bertz CT molecular complexity index is 472. The lowest BCUT2D eigenvalue weighted by molar-refractivity contribution is -0.116. The normalized spacial score (nSPS) is 10.5. The van der Waals surface area contributed by atoms with Crippen LogP contribution in [0.1, 0.15) is 23.7 Å². The molecule has 0 spiro atoms. The number of likely N-dealkylation sites (N-methyl/N-ethyl adjacent to an activating group) is 1. The van der Waals surface area contributed by atoms with E-state index < -0.39 is 0 Å². The van der Waals surface area contributed by atoms with E-state index in [4.69, 9.17) is 4.74 Å². The number of carbonyl (C=O) groups excluding carboxylic acids is 2. The molecule has 1 amide bonds. The van der Waals surface area contributed by atoms with E-state index in [1.807, 2.05) is 14.1 Å². The zero-order valence-corrected chi connectivity index (χ0v) is 13.5. The van der Waals surface area contributed by atoms with Gasteiger partial charge in [-0.1, -0.05) is 0 Å². The molecule has 1 aromatic carbocycles. The fraction of sp³-hybridized carbons (Fsp3) is 0.500. The lowest BCUT2D eigenvalue weighted by atomic mass is 10.2. The number of ether oxygens (including phenoxy) is 1. The smallest absolute Gasteiger partial charge is 0.338 e. The van der Waals surface area contributed by atoms with Gasteiger partial charge in [-0.15, -0.1) is 0 Å². The zero-order valence-electron chi connectivity index (χ0n) is 13.5. The second-order valence-corrected chi connectivity index (χ2v) is 5.15. The molecule has 6 nitrogen and oxygen atoms in total. The molecular weight excluding hydrogens is 282 g/mol. The Morgan fingerprint density at radius 3 is 2.41 bits per heavy atom. The van der Waals surface area contributed by atoms with Crippen LogP contribution in [0.15, 0.2) is 24.3 Å². The van der Waals surface area contributed by atoms with Crippen molar-refractivity contribution in [2.45, 2.75) is 13.3 Å². The molecule has 0 radical (unpaired) electrons. The summed E-state index contributed by atoms with van der Waals surface area (Å²) in [6.07, 6.45) is 0.410. The van der Waals surface area contributed by atoms with E-state index in [0.29, 0.717) is 30.8 Å². The number of benzene rings is 1. The van der Waals surface area contributed by atoms with Crippen molar-refractivity contribution in [3.63, 3.8) is 0 Å². The molecule has 1 aromatic rings. The minimum Gasteiger partial charge on any atom is -0.462 e. The zero-order chi connectivity index (χ0) is 16.4. The predicted octanol–water partition coefficient (Wildman–Crippen LogP) is 1.34. The SMILES string of the molecule is CCOC(=O)c1ccc(NC(=O)CCNCCN(C)C)cc1. The molecule has 0 atom stereocenters. The van der Waals surface area contributed by atoms with Crippen molar-refractivity contribution < 1.29 is 14.3 Å². The van der Waals surface area contributed by atoms with Crippen LogP contribution in [0.5, 0.6) is 0 Å². The molecule has 6 heteroatoms. The molecule has 122 valence electrons. The Morgan fingerprint density at radius 1 is 1.14 bits per heavy atom. The summed E-state index contributed by atoms with van der Waals surface area (Å²) in [4.78, 5) is 25.4. The molecule has 0 aliphatic carbocycles. The summed E-state index contributed by atoms with van der Waals surface area (Å²) in [5, 5.41) is 6.01. The molecule has 0 heterocycles. The van der Waals surface area contributed by atoms with Crippen LogP contribution >= 0.6 is 0 Å². The number of rotatable bonds is 9. The highest BCUT2D eigenvalue weighted by molar-refractivity contribution is 5.93. The summed E-state index contributed by atoms with van der Waals surface area (Å²) in [7, 11) is 4.02. The molecule has 0 unspecified atom stereocenters. The van der Waals surface area contributed by atoms with E-state index in [0.717, 1.165) is 13.1 Å². The first-order chi connectivity index (χ1) is 10.5. The molecule has 0 bridgehead atoms. The Labute approximate surface area is 131 Å². The first kappa shape index (κ1) is 18.1. The van der Waals surface area contributed by atoms with Crippen molar-refractivity contribution >= 4 is 17.6 Å². The first-order valence-electron chi connectivity index (χ1n) is 7.45. The second kappa shape index (κ2) is 9.92. The summed E-state index contributed by atoms with van der Waals surface area (Å²) in [5.74, 6) is -0.410. The average Bonchev–Trinajstić information content (AvgIpc) is 2.47. The standard InChI is InChI=1S/C16H25N3O3/c1-4-22-16(21)13-5-7-14(8-6-13)18-15(20)9-10-17-11-12-19(2)3/h5-8,17H,4,9-12H2,1-3H3,(H,18,20). The summed E-state index contributed by atoms with van der Waals surface area (Å²) >= 11 is 0. The van der Waals surface area contributed by atoms with Crippen molar-refractivity contribution in [2.75, 3.05) is 45.7 Å². The van der Waals surface area contributed by atoms with Crippen molar-refractivity contribution in [3.8, 4) is 0 Å². The summed E-state index contributed by atoms with van der Waals surface area (Å²) < 4.78 is 4.90. The molecule has 0 fully saturated rings. The maximum atomic E-state index is 11.8. The summed E-state index contributed by atoms with van der Waals surface area (Å²) in [6.45, 7) is 4.54. The van der Waals surface area contributed by atoms with Gasteiger partial charge < -0.3 is 20.3 Å². The van der Waals surface area contributed by atoms with Crippen LogP contribution in [0.3, 0.4) is 0 Å². The van der Waals surface area contributed by atoms with Gasteiger partial charge in [0.25, 0.3) is 0 Å². The van der Waals surface area contributed by atoms with E-state index >= 15 is 0 Å². The third kappa shape index (κ3) is 7.19. The van der Waals surface area contributed by atoms with Gasteiger partial charge in [0.15, 0.2) is 0 Å². The lowest BCUT2D eigenvalue weighted by Gasteiger charge is -2.10. The van der Waals surface area contributed by atoms with Gasteiger partial charge in [-0.2, -0.15) is 0 Å². The molecule has 0 aliphatic heterocycles. The molecule has 0 aromatic heterocycles. The van der Waals surface area contributed by atoms with E-state index in [9.17, 15) is 9.59 Å². The number of hydrogen-bond acceptors (Lipinski definition) is 5. The van der Waals surface area contributed by atoms with Crippen LogP contribution in [0.2, 0.25) is 0 Å². The van der Waals surface area contributed by atoms with Gasteiger partial charge in [0.1, 0.15) is 0 Å². The third-order valence-corrected chi connectivity index (χ3v) is 2.94. The van der Waals surface area contributed by atoms with Gasteiger partial charge in [-0.3, -0.25) is 4.79 Å². The number of amides is 1. The number of hydrogen-bond donors (Lipinski definition) is 2. The highest BCUT2D eigenvalue weighted by Gasteiger charge is 2.07. The first-order valence-corrected chi connectivity index (χ1v) is 7.45. The van der Waals surface area contributed by atoms with Gasteiger partial charge in [-0.25, -0.2) is 4.79 Å². The van der Waals surface area contributed by atoms with E-state index in [-0.39, 0.29) is 11.9 Å². The van der Waals surface area contributed by atoms with Crippen molar-refractivity contribution in [2.24, 2.45) is 0 Å². The van der Waals surface area contributed by atoms with Crippen LogP contribution < -0.4 is 10.6 Å². The molecule has 0 saturated heterocycles. The van der Waals surface area contributed by atoms with Gasteiger partial charge in [-0.05, 0) is 45.3 Å². The minimum atomic E-state index is -0.356. The van der Waals surface area contributed by atoms with Gasteiger partial charge >= 0.3 is 5.97 Å². The maximum absolute atomic E-state index is 11.8. The fourth-order valence-corrected chi connectivity index (χ4v) is 1.76. The molecule has 22 heavy (non-hydrogen) atoms. The second-order valence-electron chi connectivity index (χ2n) is 5.15. The Hall–Kier alpha value is -1.92. The molecular formula is C16H25N3O3. The molecule has 1 rings (SSSR count). The van der Waals surface area contributed by atoms with Crippen LogP contribution in [-0.2, 0) is 9.53 Å². The van der Waals surface area contributed by atoms with Crippen molar-refractivity contribution in [1.82, 2.24) is 10.2 Å². The highest BCUT2D eigenvalue weighted by Crippen LogP contribution is 2.10. The van der Waals surface area contributed by atoms with Crippen LogP contribution in [-0.4, -0.2) is 57.1 Å². The number of esters is 1. The maximum Gasteiger partial charge on any atom is 0.338 e. The molecule has 2 N–H and O–H groups in total. The average molecular weight is 307 g/mol. The fourth-order valence-electron chi connectivity index (χ4n) is 1.76. The highest BCUT2D eigenvalue weighted by atomic mass is 16.5. The number of anilines is 1. The van der Waals surface area contributed by atoms with E-state index in [1.165, 1.54) is 0 Å². The van der Waals surface area contributed by atoms with E-state index in [2.05, 4.69) is 15.5 Å². The summed E-state index contributed by atoms with van der Waals surface area (Å²) in [5.41, 5.74) is 1.15. The lowest BCUT2D eigenvalue weighted by Crippen LogP contribution is -2.29. The number of nitrogens with zero attached hydrogens (tertiary/aromatic N) is 1. The van der Waals surface area contributed by atoms with Gasteiger partial charge in [0.05, 0.1) is 12.2 Å². The van der Waals surface area contributed by atoms with Crippen LogP contribution in [0.25, 0.3) is 0 Å². The predicted molar refractivity (Wildman–Crippen MR) is 87.1 cm³/mol. The Balaban J connectivity index is 2.31. The molecule has 0 aliphatic rings. The van der Waals surface area contributed by atoms with Gasteiger partial charge in [0, 0.05) is 31.7 Å². The van der Waals surface area contributed by atoms with E-state index in [1.54, 1.807) is 31.2 Å². The quantitative estimate of drug-likeness (QED) is 0.532. The Kier molecular flexibility index (Phi) is 8.17. The minimum absolute atomic E-state index is 0.0544. The van der Waals surface area contributed by atoms with Crippen LogP contribution in [0.4, 0.5) is 5.69 Å². The van der Waals surface area contributed by atoms with Crippen molar-refractivity contribution in [3.05, 3.63) is 29.8 Å². The van der Waals surface area contributed by atoms with Crippen molar-refractivity contribution in [1.29, 1.82) is 0 Å². The molecule has 0 saturated carbocycles. The largest absolute Gasteiger partial charge is 0.462 e. The monoisotopic (exact) mass is 307 g/mol. The Morgan fingerprint density at radius 2 is 1.82 bits per heavy atom. The topological polar surface area (TPSA) is 70.7 Å². The number of nitrogens with one attached hydrogen (secondary N) is 2. The van der Waals surface area contributed by atoms with Crippen LogP contribution in [0, 0.1) is 0 Å². The summed E-state index contributed by atoms with van der Waals surface area (Å²) in [6, 6.07) is 6.68.